The average molecular weight is 215 g/mol. The van der Waals surface area contributed by atoms with Crippen LogP contribution in [-0.4, -0.2) is 17.1 Å². The standard InChI is InChI=1S/C6H7BrN4/c7-4-2-1-3-11-5(4)9-6(8)10-11/h1-3,5H,(H3,8,9,10). The molecule has 58 valence electrons. The fourth-order valence-electron chi connectivity index (χ4n) is 1.05. The van der Waals surface area contributed by atoms with Crippen LogP contribution in [0.4, 0.5) is 0 Å². The molecule has 0 saturated heterocycles. The Morgan fingerprint density at radius 1 is 1.73 bits per heavy atom. The van der Waals surface area contributed by atoms with Crippen molar-refractivity contribution < 1.29 is 0 Å². The summed E-state index contributed by atoms with van der Waals surface area (Å²) in [6.07, 6.45) is 5.79. The third-order valence-corrected chi connectivity index (χ3v) is 2.23. The molecule has 11 heavy (non-hydrogen) atoms. The van der Waals surface area contributed by atoms with E-state index in [0.717, 1.165) is 4.48 Å². The normalized spacial score (nSPS) is 27.4. The molecule has 0 aliphatic carbocycles. The number of guanidine groups is 1. The van der Waals surface area contributed by atoms with Gasteiger partial charge in [0.05, 0.1) is 0 Å². The molecule has 0 amide bonds. The third-order valence-electron chi connectivity index (χ3n) is 1.53. The highest BCUT2D eigenvalue weighted by Crippen LogP contribution is 2.22. The topological polar surface area (TPSA) is 53.6 Å². The summed E-state index contributed by atoms with van der Waals surface area (Å²) in [6, 6.07) is 0. The van der Waals surface area contributed by atoms with E-state index in [1.54, 1.807) is 5.01 Å². The Kier molecular flexibility index (Phi) is 1.38. The van der Waals surface area contributed by atoms with Crippen LogP contribution < -0.4 is 11.1 Å². The second-order valence-corrected chi connectivity index (χ2v) is 3.22. The van der Waals surface area contributed by atoms with Crippen LogP contribution in [0.2, 0.25) is 0 Å². The summed E-state index contributed by atoms with van der Waals surface area (Å²) in [4.78, 5) is 0. The van der Waals surface area contributed by atoms with E-state index < -0.39 is 0 Å². The van der Waals surface area contributed by atoms with Gasteiger partial charge in [-0.15, -0.1) is 5.10 Å². The first-order valence-corrected chi connectivity index (χ1v) is 3.99. The van der Waals surface area contributed by atoms with Crippen molar-refractivity contribution in [1.29, 1.82) is 0 Å². The van der Waals surface area contributed by atoms with Gasteiger partial charge in [-0.25, -0.2) is 5.01 Å². The Balaban J connectivity index is 2.28. The van der Waals surface area contributed by atoms with E-state index in [-0.39, 0.29) is 6.17 Å². The summed E-state index contributed by atoms with van der Waals surface area (Å²) >= 11 is 3.40. The number of nitrogens with two attached hydrogens (primary N) is 1. The molecule has 0 spiro atoms. The molecule has 0 saturated carbocycles. The largest absolute Gasteiger partial charge is 0.368 e. The molecular weight excluding hydrogens is 208 g/mol. The lowest BCUT2D eigenvalue weighted by Crippen LogP contribution is -2.39. The maximum absolute atomic E-state index is 5.47. The van der Waals surface area contributed by atoms with Crippen LogP contribution in [-0.2, 0) is 0 Å². The fourth-order valence-corrected chi connectivity index (χ4v) is 1.52. The van der Waals surface area contributed by atoms with Crippen molar-refractivity contribution in [3.63, 3.8) is 0 Å². The lowest BCUT2D eigenvalue weighted by atomic mass is 10.3. The second kappa shape index (κ2) is 2.27. The van der Waals surface area contributed by atoms with Gasteiger partial charge in [0.2, 0.25) is 5.96 Å². The molecule has 2 aliphatic rings. The van der Waals surface area contributed by atoms with Gasteiger partial charge in [-0.3, -0.25) is 0 Å². The molecule has 0 fully saturated rings. The third kappa shape index (κ3) is 1.01. The maximum atomic E-state index is 5.47. The highest BCUT2D eigenvalue weighted by Gasteiger charge is 2.25. The monoisotopic (exact) mass is 214 g/mol. The first kappa shape index (κ1) is 6.72. The molecule has 5 heteroatoms. The Morgan fingerprint density at radius 2 is 2.55 bits per heavy atom. The lowest BCUT2D eigenvalue weighted by Gasteiger charge is -2.21. The van der Waals surface area contributed by atoms with Crippen LogP contribution in [0.15, 0.2) is 27.9 Å². The predicted molar refractivity (Wildman–Crippen MR) is 46.5 cm³/mol. The summed E-state index contributed by atoms with van der Waals surface area (Å²) in [7, 11) is 0. The highest BCUT2D eigenvalue weighted by molar-refractivity contribution is 9.11. The molecular formula is C6H7BrN4. The van der Waals surface area contributed by atoms with Crippen molar-refractivity contribution in [2.75, 3.05) is 0 Å². The Bertz CT molecular complexity index is 268. The predicted octanol–water partition coefficient (Wildman–Crippen LogP) is 0.254. The Morgan fingerprint density at radius 3 is 3.27 bits per heavy atom. The summed E-state index contributed by atoms with van der Waals surface area (Å²) in [5, 5.41) is 8.78. The van der Waals surface area contributed by atoms with Crippen molar-refractivity contribution in [1.82, 2.24) is 10.3 Å². The van der Waals surface area contributed by atoms with Crippen molar-refractivity contribution in [2.24, 2.45) is 10.8 Å². The molecule has 0 aromatic heterocycles. The number of rotatable bonds is 0. The van der Waals surface area contributed by atoms with Gasteiger partial charge in [-0.05, 0) is 12.2 Å². The number of hydrogen-bond acceptors (Lipinski definition) is 4. The van der Waals surface area contributed by atoms with Gasteiger partial charge in [-0.2, -0.15) is 0 Å². The molecule has 0 aromatic carbocycles. The zero-order valence-corrected chi connectivity index (χ0v) is 7.25. The van der Waals surface area contributed by atoms with Crippen LogP contribution in [0.5, 0.6) is 0 Å². The fraction of sp³-hybridized carbons (Fsp3) is 0.167. The van der Waals surface area contributed by atoms with E-state index in [2.05, 4.69) is 26.3 Å². The molecule has 1 unspecified atom stereocenters. The minimum Gasteiger partial charge on any atom is -0.368 e. The average Bonchev–Trinajstić information content (AvgIpc) is 2.31. The number of nitrogens with one attached hydrogen (secondary N) is 1. The molecule has 0 bridgehead atoms. The molecule has 1 atom stereocenters. The smallest absolute Gasteiger partial charge is 0.213 e. The van der Waals surface area contributed by atoms with E-state index in [4.69, 9.17) is 5.73 Å². The van der Waals surface area contributed by atoms with E-state index in [9.17, 15) is 0 Å². The Hall–Kier alpha value is -0.970. The van der Waals surface area contributed by atoms with Gasteiger partial charge in [-0.1, -0.05) is 15.9 Å². The summed E-state index contributed by atoms with van der Waals surface area (Å²) < 4.78 is 1.03. The molecule has 4 nitrogen and oxygen atoms in total. The highest BCUT2D eigenvalue weighted by atomic mass is 79.9. The van der Waals surface area contributed by atoms with E-state index >= 15 is 0 Å². The van der Waals surface area contributed by atoms with E-state index in [1.165, 1.54) is 0 Å². The molecule has 0 radical (unpaired) electrons. The zero-order valence-electron chi connectivity index (χ0n) is 5.66. The number of hydrogen-bond donors (Lipinski definition) is 2. The molecule has 3 N–H and O–H groups in total. The minimum absolute atomic E-state index is 0.0556. The number of nitrogens with zero attached hydrogens (tertiary/aromatic N) is 2. The summed E-state index contributed by atoms with van der Waals surface area (Å²) in [6.45, 7) is 0. The van der Waals surface area contributed by atoms with Gasteiger partial charge in [0.25, 0.3) is 0 Å². The van der Waals surface area contributed by atoms with Crippen LogP contribution in [0.1, 0.15) is 0 Å². The van der Waals surface area contributed by atoms with Gasteiger partial charge >= 0.3 is 0 Å². The first-order valence-electron chi connectivity index (χ1n) is 3.20. The van der Waals surface area contributed by atoms with Crippen molar-refractivity contribution >= 4 is 21.9 Å². The van der Waals surface area contributed by atoms with Gasteiger partial charge < -0.3 is 11.1 Å². The molecule has 0 aromatic rings. The van der Waals surface area contributed by atoms with Crippen molar-refractivity contribution in [3.8, 4) is 0 Å². The van der Waals surface area contributed by atoms with E-state index in [0.29, 0.717) is 5.96 Å². The Labute approximate surface area is 72.6 Å². The molecule has 2 heterocycles. The van der Waals surface area contributed by atoms with Crippen LogP contribution in [0, 0.1) is 0 Å². The molecule has 2 aliphatic heterocycles. The van der Waals surface area contributed by atoms with Gasteiger partial charge in [0, 0.05) is 10.7 Å². The van der Waals surface area contributed by atoms with Gasteiger partial charge in [0.1, 0.15) is 0 Å². The summed E-state index contributed by atoms with van der Waals surface area (Å²) in [5.41, 5.74) is 5.47. The van der Waals surface area contributed by atoms with Crippen LogP contribution in [0.25, 0.3) is 0 Å². The number of hydrazone groups is 1. The van der Waals surface area contributed by atoms with Gasteiger partial charge in [0.15, 0.2) is 6.17 Å². The number of fused-ring (bicyclic) bond motifs is 1. The first-order chi connectivity index (χ1) is 5.27. The second-order valence-electron chi connectivity index (χ2n) is 2.31. The SMILES string of the molecule is NC1=NN2C=CC=C(Br)C2N1. The quantitative estimate of drug-likeness (QED) is 0.609. The minimum atomic E-state index is 0.0556. The summed E-state index contributed by atoms with van der Waals surface area (Å²) in [5.74, 6) is 0.451. The van der Waals surface area contributed by atoms with Crippen LogP contribution >= 0.6 is 15.9 Å². The van der Waals surface area contributed by atoms with E-state index in [1.807, 2.05) is 18.4 Å². The maximum Gasteiger partial charge on any atom is 0.213 e. The number of halogens is 1. The van der Waals surface area contributed by atoms with Crippen LogP contribution in [0.3, 0.4) is 0 Å². The molecule has 2 rings (SSSR count). The van der Waals surface area contributed by atoms with Crippen molar-refractivity contribution in [3.05, 3.63) is 22.8 Å². The zero-order chi connectivity index (χ0) is 7.84. The lowest BCUT2D eigenvalue weighted by molar-refractivity contribution is 0.346. The number of allylic oxidation sites excluding steroid dienone is 2. The van der Waals surface area contributed by atoms with Crippen molar-refractivity contribution in [2.45, 2.75) is 6.17 Å².